The van der Waals surface area contributed by atoms with E-state index in [9.17, 15) is 9.36 Å². The third-order valence-electron chi connectivity index (χ3n) is 3.47. The van der Waals surface area contributed by atoms with Crippen LogP contribution in [0.25, 0.3) is 0 Å². The largest absolute Gasteiger partial charge is 0.337 e. The molecule has 0 fully saturated rings. The Bertz CT molecular complexity index is 298. The zero-order valence-corrected chi connectivity index (χ0v) is 13.2. The predicted molar refractivity (Wildman–Crippen MR) is 68.7 cm³/mol. The van der Waals surface area contributed by atoms with E-state index in [1.54, 1.807) is 0 Å². The molecular formula is C10H23O4PSi. The second-order valence-corrected chi connectivity index (χ2v) is 13.0. The quantitative estimate of drug-likeness (QED) is 0.567. The van der Waals surface area contributed by atoms with Gasteiger partial charge in [-0.25, -0.2) is 0 Å². The Labute approximate surface area is 99.3 Å². The van der Waals surface area contributed by atoms with Gasteiger partial charge in [-0.2, -0.15) is 0 Å². The Morgan fingerprint density at radius 1 is 1.19 bits per heavy atom. The van der Waals surface area contributed by atoms with Crippen LogP contribution in [0.5, 0.6) is 0 Å². The minimum absolute atomic E-state index is 0.0343. The van der Waals surface area contributed by atoms with Gasteiger partial charge in [0, 0.05) is 14.2 Å². The molecule has 0 aromatic heterocycles. The van der Waals surface area contributed by atoms with Gasteiger partial charge in [-0.3, -0.25) is 4.57 Å². The molecule has 0 aliphatic heterocycles. The monoisotopic (exact) mass is 266 g/mol. The fourth-order valence-corrected chi connectivity index (χ4v) is 4.75. The van der Waals surface area contributed by atoms with Crippen molar-refractivity contribution >= 4 is 21.1 Å². The van der Waals surface area contributed by atoms with Crippen LogP contribution in [0.15, 0.2) is 0 Å². The van der Waals surface area contributed by atoms with Crippen LogP contribution >= 0.6 is 7.60 Å². The molecule has 0 radical (unpaired) electrons. The van der Waals surface area contributed by atoms with Gasteiger partial charge in [0.05, 0.1) is 0 Å². The van der Waals surface area contributed by atoms with Gasteiger partial charge in [-0.05, 0) is 5.04 Å². The van der Waals surface area contributed by atoms with Crippen molar-refractivity contribution < 1.29 is 18.4 Å². The first-order valence-electron chi connectivity index (χ1n) is 5.24. The zero-order chi connectivity index (χ0) is 13.2. The van der Waals surface area contributed by atoms with Crippen LogP contribution in [-0.2, 0) is 18.4 Å². The highest BCUT2D eigenvalue weighted by Crippen LogP contribution is 2.48. The molecule has 0 saturated carbocycles. The highest BCUT2D eigenvalue weighted by Gasteiger charge is 2.44. The molecule has 0 rings (SSSR count). The van der Waals surface area contributed by atoms with Crippen molar-refractivity contribution in [2.45, 2.75) is 38.9 Å². The van der Waals surface area contributed by atoms with Crippen LogP contribution in [0.4, 0.5) is 0 Å². The minimum Gasteiger partial charge on any atom is -0.312 e. The first-order chi connectivity index (χ1) is 7.00. The summed E-state index contributed by atoms with van der Waals surface area (Å²) in [7, 11) is -2.72. The number of hydrogen-bond donors (Lipinski definition) is 0. The fourth-order valence-electron chi connectivity index (χ4n) is 0.995. The zero-order valence-electron chi connectivity index (χ0n) is 11.3. The minimum atomic E-state index is -3.22. The second kappa shape index (κ2) is 5.13. The highest BCUT2D eigenvalue weighted by atomic mass is 31.2. The third kappa shape index (κ3) is 3.52. The van der Waals surface area contributed by atoms with E-state index in [0.717, 1.165) is 0 Å². The van der Waals surface area contributed by atoms with Crippen LogP contribution in [0, 0.1) is 0 Å². The van der Waals surface area contributed by atoms with E-state index in [1.807, 2.05) is 33.9 Å². The standard InChI is InChI=1S/C10H23O4PSi/c1-10(2,3)16(6,7)9(11)8-15(12,13-4)14-5/h8H2,1-7H3. The summed E-state index contributed by atoms with van der Waals surface area (Å²) in [6.45, 7) is 10.1. The molecule has 0 aliphatic carbocycles. The summed E-state index contributed by atoms with van der Waals surface area (Å²) in [6.07, 6.45) is -0.115. The fraction of sp³-hybridized carbons (Fsp3) is 0.900. The molecule has 0 unspecified atom stereocenters. The van der Waals surface area contributed by atoms with E-state index in [1.165, 1.54) is 14.2 Å². The van der Waals surface area contributed by atoms with E-state index >= 15 is 0 Å². The maximum Gasteiger partial charge on any atom is 0.337 e. The van der Waals surface area contributed by atoms with Gasteiger partial charge in [-0.15, -0.1) is 0 Å². The van der Waals surface area contributed by atoms with Crippen LogP contribution in [0.3, 0.4) is 0 Å². The molecule has 0 N–H and O–H groups in total. The lowest BCUT2D eigenvalue weighted by Gasteiger charge is -2.35. The molecule has 6 heteroatoms. The lowest BCUT2D eigenvalue weighted by Crippen LogP contribution is -2.47. The van der Waals surface area contributed by atoms with Crippen molar-refractivity contribution in [2.75, 3.05) is 20.4 Å². The van der Waals surface area contributed by atoms with Crippen LogP contribution in [0.1, 0.15) is 20.8 Å². The number of rotatable bonds is 5. The lowest BCUT2D eigenvalue weighted by atomic mass is 10.2. The molecule has 0 amide bonds. The van der Waals surface area contributed by atoms with Crippen molar-refractivity contribution in [3.05, 3.63) is 0 Å². The summed E-state index contributed by atoms with van der Waals surface area (Å²) in [5.74, 6) is 0. The first kappa shape index (κ1) is 16.0. The smallest absolute Gasteiger partial charge is 0.312 e. The Balaban J connectivity index is 4.91. The summed E-state index contributed by atoms with van der Waals surface area (Å²) in [5, 5.41) is -0.0248. The molecule has 0 bridgehead atoms. The molecule has 0 heterocycles. The molecule has 0 spiro atoms. The topological polar surface area (TPSA) is 52.6 Å². The summed E-state index contributed by atoms with van der Waals surface area (Å²) in [5.41, 5.74) is 0. The van der Waals surface area contributed by atoms with E-state index in [2.05, 4.69) is 0 Å². The highest BCUT2D eigenvalue weighted by molar-refractivity contribution is 7.55. The summed E-state index contributed by atoms with van der Waals surface area (Å²) in [4.78, 5) is 12.2. The molecule has 0 saturated heterocycles. The van der Waals surface area contributed by atoms with Crippen molar-refractivity contribution in [2.24, 2.45) is 0 Å². The van der Waals surface area contributed by atoms with E-state index in [-0.39, 0.29) is 16.6 Å². The molecule has 0 aromatic rings. The normalized spacial score (nSPS) is 13.9. The number of carbonyl (C=O) groups is 1. The SMILES string of the molecule is COP(=O)(CC(=O)[Si](C)(C)C(C)(C)C)OC. The molecule has 16 heavy (non-hydrogen) atoms. The van der Waals surface area contributed by atoms with Crippen molar-refractivity contribution in [3.8, 4) is 0 Å². The summed E-state index contributed by atoms with van der Waals surface area (Å²) < 4.78 is 21.5. The van der Waals surface area contributed by atoms with Gasteiger partial charge in [0.2, 0.25) is 0 Å². The molecule has 0 atom stereocenters. The Morgan fingerprint density at radius 3 is 1.81 bits per heavy atom. The Hall–Kier alpha value is 0.0369. The molecule has 0 aliphatic rings. The lowest BCUT2D eigenvalue weighted by molar-refractivity contribution is -0.111. The van der Waals surface area contributed by atoms with Gasteiger partial charge >= 0.3 is 7.60 Å². The molecule has 4 nitrogen and oxygen atoms in total. The van der Waals surface area contributed by atoms with Gasteiger partial charge < -0.3 is 13.8 Å². The molecule has 96 valence electrons. The van der Waals surface area contributed by atoms with Gasteiger partial charge in [0.1, 0.15) is 19.6 Å². The van der Waals surface area contributed by atoms with Crippen LogP contribution in [-0.4, -0.2) is 33.9 Å². The van der Waals surface area contributed by atoms with Crippen molar-refractivity contribution in [1.29, 1.82) is 0 Å². The maximum atomic E-state index is 12.2. The predicted octanol–water partition coefficient (Wildman–Crippen LogP) is 3.09. The Kier molecular flexibility index (Phi) is 5.14. The second-order valence-electron chi connectivity index (χ2n) is 5.43. The Morgan fingerprint density at radius 2 is 1.56 bits per heavy atom. The van der Waals surface area contributed by atoms with Crippen molar-refractivity contribution in [1.82, 2.24) is 0 Å². The third-order valence-corrected chi connectivity index (χ3v) is 10.9. The average molecular weight is 266 g/mol. The molecule has 0 aromatic carbocycles. The first-order valence-corrected chi connectivity index (χ1v) is 9.97. The van der Waals surface area contributed by atoms with E-state index < -0.39 is 15.7 Å². The van der Waals surface area contributed by atoms with E-state index in [4.69, 9.17) is 9.05 Å². The average Bonchev–Trinajstić information content (AvgIpc) is 2.15. The van der Waals surface area contributed by atoms with Crippen LogP contribution < -0.4 is 0 Å². The summed E-state index contributed by atoms with van der Waals surface area (Å²) >= 11 is 0. The van der Waals surface area contributed by atoms with Gasteiger partial charge in [0.15, 0.2) is 0 Å². The number of carbonyl (C=O) groups excluding carboxylic acids is 1. The number of hydrogen-bond acceptors (Lipinski definition) is 4. The van der Waals surface area contributed by atoms with E-state index in [0.29, 0.717) is 0 Å². The van der Waals surface area contributed by atoms with Gasteiger partial charge in [0.25, 0.3) is 0 Å². The summed E-state index contributed by atoms with van der Waals surface area (Å²) in [6, 6.07) is 0. The van der Waals surface area contributed by atoms with Crippen LogP contribution in [0.2, 0.25) is 18.1 Å². The van der Waals surface area contributed by atoms with Gasteiger partial charge in [-0.1, -0.05) is 33.9 Å². The molecular weight excluding hydrogens is 243 g/mol. The van der Waals surface area contributed by atoms with Crippen molar-refractivity contribution in [3.63, 3.8) is 0 Å². The maximum absolute atomic E-state index is 12.2.